The molecule has 4 nitrogen and oxygen atoms in total. The molecule has 0 radical (unpaired) electrons. The molecular formula is C15H23BrN2O2. The maximum absolute atomic E-state index is 5.38. The molecule has 1 aliphatic rings. The van der Waals surface area contributed by atoms with Crippen molar-refractivity contribution in [3.8, 4) is 0 Å². The van der Waals surface area contributed by atoms with Crippen LogP contribution in [0.2, 0.25) is 0 Å². The lowest BCUT2D eigenvalue weighted by atomic mass is 9.95. The van der Waals surface area contributed by atoms with Gasteiger partial charge in [-0.2, -0.15) is 0 Å². The van der Waals surface area contributed by atoms with Crippen molar-refractivity contribution in [1.29, 1.82) is 0 Å². The van der Waals surface area contributed by atoms with Crippen molar-refractivity contribution >= 4 is 27.3 Å². The number of rotatable bonds is 5. The molecule has 0 spiro atoms. The number of halogens is 1. The third-order valence-electron chi connectivity index (χ3n) is 3.96. The summed E-state index contributed by atoms with van der Waals surface area (Å²) in [7, 11) is 5.40. The van der Waals surface area contributed by atoms with E-state index in [1.165, 1.54) is 5.69 Å². The van der Waals surface area contributed by atoms with E-state index in [0.29, 0.717) is 5.92 Å². The Bertz CT molecular complexity index is 430. The van der Waals surface area contributed by atoms with Gasteiger partial charge >= 0.3 is 0 Å². The van der Waals surface area contributed by atoms with E-state index in [9.17, 15) is 0 Å². The molecule has 1 N–H and O–H groups in total. The number of benzene rings is 1. The molecule has 1 fully saturated rings. The second-order valence-electron chi connectivity index (χ2n) is 5.08. The number of nitrogens with one attached hydrogen (secondary N) is 1. The van der Waals surface area contributed by atoms with Crippen LogP contribution in [0.3, 0.4) is 0 Å². The van der Waals surface area contributed by atoms with E-state index in [4.69, 9.17) is 9.47 Å². The Morgan fingerprint density at radius 3 is 2.45 bits per heavy atom. The Morgan fingerprint density at radius 2 is 1.90 bits per heavy atom. The van der Waals surface area contributed by atoms with Crippen LogP contribution in [-0.4, -0.2) is 40.6 Å². The molecule has 0 unspecified atom stereocenters. The molecule has 0 saturated carbocycles. The van der Waals surface area contributed by atoms with Crippen LogP contribution in [0.5, 0.6) is 0 Å². The third-order valence-corrected chi connectivity index (χ3v) is 4.45. The monoisotopic (exact) mass is 342 g/mol. The summed E-state index contributed by atoms with van der Waals surface area (Å²) >= 11 is 3.52. The summed E-state index contributed by atoms with van der Waals surface area (Å²) < 4.78 is 11.9. The van der Waals surface area contributed by atoms with Gasteiger partial charge < -0.3 is 19.7 Å². The lowest BCUT2D eigenvalue weighted by molar-refractivity contribution is -0.141. The molecule has 1 aromatic carbocycles. The normalized spacial score (nSPS) is 16.8. The molecule has 112 valence electrons. The molecular weight excluding hydrogens is 320 g/mol. The average molecular weight is 343 g/mol. The first-order chi connectivity index (χ1) is 9.69. The first kappa shape index (κ1) is 15.6. The zero-order chi connectivity index (χ0) is 14.5. The molecule has 5 heteroatoms. The minimum atomic E-state index is -0.0779. The number of hydrogen-bond donors (Lipinski definition) is 1. The summed E-state index contributed by atoms with van der Waals surface area (Å²) in [5.41, 5.74) is 2.42. The van der Waals surface area contributed by atoms with E-state index in [-0.39, 0.29) is 6.29 Å². The first-order valence-corrected chi connectivity index (χ1v) is 7.76. The number of ether oxygens (including phenoxy) is 2. The highest BCUT2D eigenvalue weighted by Crippen LogP contribution is 2.33. The second-order valence-corrected chi connectivity index (χ2v) is 5.99. The SMILES string of the molecule is CNc1cc(Br)ccc1N1CCC(C(OC)OC)CC1. The van der Waals surface area contributed by atoms with Crippen LogP contribution in [0, 0.1) is 5.92 Å². The number of methoxy groups -OCH3 is 2. The van der Waals surface area contributed by atoms with Crippen LogP contribution in [0.25, 0.3) is 0 Å². The van der Waals surface area contributed by atoms with Crippen molar-refractivity contribution in [3.05, 3.63) is 22.7 Å². The Kier molecular flexibility index (Phi) is 5.69. The second kappa shape index (κ2) is 7.29. The minimum absolute atomic E-state index is 0.0779. The highest BCUT2D eigenvalue weighted by atomic mass is 79.9. The van der Waals surface area contributed by atoms with Gasteiger partial charge in [0.1, 0.15) is 0 Å². The maximum atomic E-state index is 5.38. The lowest BCUT2D eigenvalue weighted by Crippen LogP contribution is -2.39. The predicted molar refractivity (Wildman–Crippen MR) is 86.4 cm³/mol. The van der Waals surface area contributed by atoms with E-state index < -0.39 is 0 Å². The van der Waals surface area contributed by atoms with Crippen LogP contribution >= 0.6 is 15.9 Å². The van der Waals surface area contributed by atoms with Crippen molar-refractivity contribution in [2.75, 3.05) is 44.6 Å². The molecule has 0 atom stereocenters. The average Bonchev–Trinajstić information content (AvgIpc) is 2.49. The van der Waals surface area contributed by atoms with Gasteiger partial charge in [0.2, 0.25) is 0 Å². The van der Waals surface area contributed by atoms with Gasteiger partial charge in [0.15, 0.2) is 6.29 Å². The summed E-state index contributed by atoms with van der Waals surface area (Å²) in [6, 6.07) is 6.38. The van der Waals surface area contributed by atoms with E-state index >= 15 is 0 Å². The molecule has 2 rings (SSSR count). The van der Waals surface area contributed by atoms with Crippen LogP contribution in [0.1, 0.15) is 12.8 Å². The lowest BCUT2D eigenvalue weighted by Gasteiger charge is -2.36. The summed E-state index contributed by atoms with van der Waals surface area (Å²) in [4.78, 5) is 2.43. The molecule has 0 aliphatic carbocycles. The largest absolute Gasteiger partial charge is 0.386 e. The van der Waals surface area contributed by atoms with Gasteiger partial charge in [-0.05, 0) is 31.0 Å². The van der Waals surface area contributed by atoms with E-state index in [0.717, 1.165) is 36.1 Å². The first-order valence-electron chi connectivity index (χ1n) is 6.97. The molecule has 1 heterocycles. The van der Waals surface area contributed by atoms with Gasteiger partial charge in [-0.25, -0.2) is 0 Å². The molecule has 1 aromatic rings. The van der Waals surface area contributed by atoms with E-state index in [1.54, 1.807) is 14.2 Å². The number of piperidine rings is 1. The Hall–Kier alpha value is -0.780. The van der Waals surface area contributed by atoms with Crippen molar-refractivity contribution in [1.82, 2.24) is 0 Å². The molecule has 0 bridgehead atoms. The summed E-state index contributed by atoms with van der Waals surface area (Å²) in [6.45, 7) is 2.06. The fraction of sp³-hybridized carbons (Fsp3) is 0.600. The standard InChI is InChI=1S/C15H23BrN2O2/c1-17-13-10-12(16)4-5-14(13)18-8-6-11(7-9-18)15(19-2)20-3/h4-5,10-11,15,17H,6-9H2,1-3H3. The minimum Gasteiger partial charge on any atom is -0.386 e. The molecule has 0 aromatic heterocycles. The molecule has 0 amide bonds. The van der Waals surface area contributed by atoms with Crippen molar-refractivity contribution in [2.24, 2.45) is 5.92 Å². The third kappa shape index (κ3) is 3.45. The number of hydrogen-bond acceptors (Lipinski definition) is 4. The van der Waals surface area contributed by atoms with Gasteiger partial charge in [-0.15, -0.1) is 0 Å². The Labute approximate surface area is 129 Å². The predicted octanol–water partition coefficient (Wildman–Crippen LogP) is 3.33. The highest BCUT2D eigenvalue weighted by molar-refractivity contribution is 9.10. The zero-order valence-electron chi connectivity index (χ0n) is 12.4. The Balaban J connectivity index is 2.03. The van der Waals surface area contributed by atoms with Gasteiger partial charge in [-0.3, -0.25) is 0 Å². The van der Waals surface area contributed by atoms with Crippen molar-refractivity contribution in [2.45, 2.75) is 19.1 Å². The number of anilines is 2. The smallest absolute Gasteiger partial charge is 0.159 e. The van der Waals surface area contributed by atoms with E-state index in [1.807, 2.05) is 7.05 Å². The molecule has 20 heavy (non-hydrogen) atoms. The quantitative estimate of drug-likeness (QED) is 0.832. The van der Waals surface area contributed by atoms with Crippen molar-refractivity contribution in [3.63, 3.8) is 0 Å². The molecule has 1 saturated heterocycles. The van der Waals surface area contributed by atoms with Gasteiger partial charge in [-0.1, -0.05) is 15.9 Å². The van der Waals surface area contributed by atoms with Crippen LogP contribution in [0.15, 0.2) is 22.7 Å². The summed E-state index contributed by atoms with van der Waals surface area (Å²) in [5, 5.41) is 3.27. The van der Waals surface area contributed by atoms with Crippen molar-refractivity contribution < 1.29 is 9.47 Å². The van der Waals surface area contributed by atoms with E-state index in [2.05, 4.69) is 44.3 Å². The van der Waals surface area contributed by atoms with Crippen LogP contribution < -0.4 is 10.2 Å². The topological polar surface area (TPSA) is 33.7 Å². The van der Waals surface area contributed by atoms with Gasteiger partial charge in [0, 0.05) is 44.7 Å². The maximum Gasteiger partial charge on any atom is 0.159 e. The summed E-state index contributed by atoms with van der Waals surface area (Å²) in [6.07, 6.45) is 2.10. The fourth-order valence-corrected chi connectivity index (χ4v) is 3.24. The van der Waals surface area contributed by atoms with Crippen LogP contribution in [-0.2, 0) is 9.47 Å². The summed E-state index contributed by atoms with van der Waals surface area (Å²) in [5.74, 6) is 0.481. The van der Waals surface area contributed by atoms with Gasteiger partial charge in [0.05, 0.1) is 11.4 Å². The highest BCUT2D eigenvalue weighted by Gasteiger charge is 2.27. The number of nitrogens with zero attached hydrogens (tertiary/aromatic N) is 1. The molecule has 1 aliphatic heterocycles. The Morgan fingerprint density at radius 1 is 1.25 bits per heavy atom. The zero-order valence-corrected chi connectivity index (χ0v) is 13.9. The van der Waals surface area contributed by atoms with Crippen LogP contribution in [0.4, 0.5) is 11.4 Å². The van der Waals surface area contributed by atoms with Gasteiger partial charge in [0.25, 0.3) is 0 Å². The fourth-order valence-electron chi connectivity index (χ4n) is 2.88.